The molecular formula is C28H27N3O5. The van der Waals surface area contributed by atoms with E-state index in [1.54, 1.807) is 6.07 Å². The van der Waals surface area contributed by atoms with Crippen molar-refractivity contribution in [1.82, 2.24) is 10.6 Å². The van der Waals surface area contributed by atoms with E-state index in [-0.39, 0.29) is 11.7 Å². The maximum Gasteiger partial charge on any atom is 0.287 e. The predicted octanol–water partition coefficient (Wildman–Crippen LogP) is 3.55. The van der Waals surface area contributed by atoms with Gasteiger partial charge in [-0.25, -0.2) is 0 Å². The summed E-state index contributed by atoms with van der Waals surface area (Å²) >= 11 is 0. The summed E-state index contributed by atoms with van der Waals surface area (Å²) in [7, 11) is 0. The average molecular weight is 486 g/mol. The molecule has 2 heterocycles. The van der Waals surface area contributed by atoms with Gasteiger partial charge in [-0.3, -0.25) is 9.59 Å². The fourth-order valence-electron chi connectivity index (χ4n) is 4.30. The summed E-state index contributed by atoms with van der Waals surface area (Å²) < 4.78 is 11.0. The molecular weight excluding hydrogens is 458 g/mol. The van der Waals surface area contributed by atoms with Gasteiger partial charge in [-0.15, -0.1) is 13.2 Å². The number of nitriles is 1. The summed E-state index contributed by atoms with van der Waals surface area (Å²) in [6.45, 7) is 6.61. The predicted molar refractivity (Wildman–Crippen MR) is 133 cm³/mol. The van der Waals surface area contributed by atoms with Gasteiger partial charge >= 0.3 is 0 Å². The molecule has 8 nitrogen and oxygen atoms in total. The third kappa shape index (κ3) is 4.17. The molecule has 3 aliphatic rings. The summed E-state index contributed by atoms with van der Waals surface area (Å²) in [4.78, 5) is 25.5. The van der Waals surface area contributed by atoms with Crippen LogP contribution in [0.4, 0.5) is 0 Å². The van der Waals surface area contributed by atoms with E-state index in [1.165, 1.54) is 0 Å². The van der Waals surface area contributed by atoms with Crippen LogP contribution in [0.1, 0.15) is 41.8 Å². The molecule has 3 N–H and O–H groups in total. The van der Waals surface area contributed by atoms with Crippen LogP contribution in [0.5, 0.6) is 0 Å². The summed E-state index contributed by atoms with van der Waals surface area (Å²) in [5, 5.41) is 26.0. The standard InChI is InChI=1S/C26H23N3O5.C2H4/c27-13-24(7-8-24)29-23(31)25(9-10-25)28-22(30)21-12-18-2-1-17(11-20(18)34-21)16-3-5-19(6-4-16)26(32)14-33-15-26;1-2/h1-6,11-12,32H,7-10,14-15H2,(H,28,30)(H,29,31);1-2H2. The highest BCUT2D eigenvalue weighted by Crippen LogP contribution is 2.40. The maximum atomic E-state index is 12.9. The number of ether oxygens (including phenoxy) is 1. The Labute approximate surface area is 208 Å². The van der Waals surface area contributed by atoms with Crippen LogP contribution in [-0.4, -0.2) is 41.2 Å². The van der Waals surface area contributed by atoms with Crippen molar-refractivity contribution in [3.8, 4) is 17.2 Å². The number of benzene rings is 2. The molecule has 2 amide bonds. The second kappa shape index (κ2) is 8.63. The zero-order valence-corrected chi connectivity index (χ0v) is 19.8. The van der Waals surface area contributed by atoms with Crippen molar-refractivity contribution >= 4 is 22.8 Å². The Hall–Kier alpha value is -3.93. The first-order valence-electron chi connectivity index (χ1n) is 11.8. The van der Waals surface area contributed by atoms with Gasteiger partial charge in [0.1, 0.15) is 22.3 Å². The number of amides is 2. The zero-order chi connectivity index (χ0) is 25.6. The molecule has 184 valence electrons. The monoisotopic (exact) mass is 485 g/mol. The second-order valence-electron chi connectivity index (χ2n) is 9.65. The van der Waals surface area contributed by atoms with Gasteiger partial charge in [0.2, 0.25) is 5.91 Å². The van der Waals surface area contributed by atoms with Crippen molar-refractivity contribution in [1.29, 1.82) is 5.26 Å². The number of hydrogen-bond donors (Lipinski definition) is 3. The number of fused-ring (bicyclic) bond motifs is 1. The van der Waals surface area contributed by atoms with Gasteiger partial charge in [-0.1, -0.05) is 36.4 Å². The highest BCUT2D eigenvalue weighted by atomic mass is 16.5. The molecule has 6 rings (SSSR count). The molecule has 0 unspecified atom stereocenters. The molecule has 0 radical (unpaired) electrons. The third-order valence-electron chi connectivity index (χ3n) is 7.04. The van der Waals surface area contributed by atoms with Crippen LogP contribution in [0.2, 0.25) is 0 Å². The Kier molecular flexibility index (Phi) is 5.70. The zero-order valence-electron chi connectivity index (χ0n) is 19.8. The van der Waals surface area contributed by atoms with E-state index in [1.807, 2.05) is 42.5 Å². The van der Waals surface area contributed by atoms with Crippen LogP contribution >= 0.6 is 0 Å². The minimum absolute atomic E-state index is 0.134. The Morgan fingerprint density at radius 3 is 2.17 bits per heavy atom. The molecule has 36 heavy (non-hydrogen) atoms. The second-order valence-corrected chi connectivity index (χ2v) is 9.65. The van der Waals surface area contributed by atoms with E-state index in [2.05, 4.69) is 29.9 Å². The first-order valence-corrected chi connectivity index (χ1v) is 11.8. The molecule has 0 bridgehead atoms. The Morgan fingerprint density at radius 1 is 0.944 bits per heavy atom. The topological polar surface area (TPSA) is 125 Å². The van der Waals surface area contributed by atoms with E-state index < -0.39 is 22.6 Å². The van der Waals surface area contributed by atoms with Crippen LogP contribution in [0, 0.1) is 11.3 Å². The van der Waals surface area contributed by atoms with Crippen LogP contribution in [0.15, 0.2) is 66.1 Å². The molecule has 0 spiro atoms. The van der Waals surface area contributed by atoms with E-state index in [0.717, 1.165) is 22.1 Å². The molecule has 2 aliphatic carbocycles. The number of rotatable bonds is 6. The van der Waals surface area contributed by atoms with Gasteiger partial charge in [-0.05, 0) is 54.5 Å². The van der Waals surface area contributed by atoms with Gasteiger partial charge < -0.3 is 24.9 Å². The van der Waals surface area contributed by atoms with Crippen molar-refractivity contribution in [2.24, 2.45) is 0 Å². The Balaban J connectivity index is 0.00000130. The number of carbonyl (C=O) groups is 2. The molecule has 2 aromatic carbocycles. The lowest BCUT2D eigenvalue weighted by Gasteiger charge is -2.36. The fourth-order valence-corrected chi connectivity index (χ4v) is 4.30. The van der Waals surface area contributed by atoms with Crippen molar-refractivity contribution in [3.63, 3.8) is 0 Å². The lowest BCUT2D eigenvalue weighted by Crippen LogP contribution is -2.52. The van der Waals surface area contributed by atoms with Crippen molar-refractivity contribution < 1.29 is 23.8 Å². The van der Waals surface area contributed by atoms with Crippen LogP contribution in [0.25, 0.3) is 22.1 Å². The number of furan rings is 1. The lowest BCUT2D eigenvalue weighted by molar-refractivity contribution is -0.184. The van der Waals surface area contributed by atoms with Crippen LogP contribution in [-0.2, 0) is 15.1 Å². The smallest absolute Gasteiger partial charge is 0.287 e. The fraction of sp³-hybridized carbons (Fsp3) is 0.321. The van der Waals surface area contributed by atoms with Gasteiger partial charge in [0.25, 0.3) is 5.91 Å². The van der Waals surface area contributed by atoms with E-state index in [0.29, 0.717) is 44.5 Å². The lowest BCUT2D eigenvalue weighted by atomic mass is 9.90. The molecule has 1 aromatic heterocycles. The van der Waals surface area contributed by atoms with Crippen LogP contribution in [0.3, 0.4) is 0 Å². The van der Waals surface area contributed by atoms with Gasteiger partial charge in [0, 0.05) is 5.39 Å². The SMILES string of the molecule is C=C.N#CC1(NC(=O)C2(NC(=O)c3cc4ccc(-c5ccc(C6(O)COC6)cc5)cc4o3)CC2)CC1. The van der Waals surface area contributed by atoms with Crippen molar-refractivity contribution in [2.75, 3.05) is 13.2 Å². The summed E-state index contributed by atoms with van der Waals surface area (Å²) in [5.74, 6) is -0.623. The molecule has 1 saturated heterocycles. The molecule has 8 heteroatoms. The normalized spacial score (nSPS) is 19.6. The van der Waals surface area contributed by atoms with Gasteiger partial charge in [0.05, 0.1) is 19.3 Å². The van der Waals surface area contributed by atoms with Crippen molar-refractivity contribution in [2.45, 2.75) is 42.4 Å². The average Bonchev–Trinajstić information content (AvgIpc) is 3.80. The summed E-state index contributed by atoms with van der Waals surface area (Å²) in [6.07, 6.45) is 2.35. The van der Waals surface area contributed by atoms with Crippen LogP contribution < -0.4 is 10.6 Å². The van der Waals surface area contributed by atoms with Crippen molar-refractivity contribution in [3.05, 3.63) is 73.0 Å². The maximum absolute atomic E-state index is 12.9. The van der Waals surface area contributed by atoms with E-state index in [9.17, 15) is 20.0 Å². The minimum atomic E-state index is -0.967. The third-order valence-corrected chi connectivity index (χ3v) is 7.04. The number of carbonyl (C=O) groups excluding carboxylic acids is 2. The molecule has 1 aliphatic heterocycles. The van der Waals surface area contributed by atoms with E-state index >= 15 is 0 Å². The molecule has 2 saturated carbocycles. The highest BCUT2D eigenvalue weighted by molar-refractivity contribution is 6.02. The summed E-state index contributed by atoms with van der Waals surface area (Å²) in [5.41, 5.74) is 0.614. The first kappa shape index (κ1) is 23.8. The first-order chi connectivity index (χ1) is 17.3. The number of nitrogens with zero attached hydrogens (tertiary/aromatic N) is 1. The number of nitrogens with one attached hydrogen (secondary N) is 2. The Morgan fingerprint density at radius 2 is 1.61 bits per heavy atom. The van der Waals surface area contributed by atoms with E-state index in [4.69, 9.17) is 9.15 Å². The quantitative estimate of drug-likeness (QED) is 0.459. The Bertz CT molecular complexity index is 1370. The molecule has 0 atom stereocenters. The highest BCUT2D eigenvalue weighted by Gasteiger charge is 2.55. The number of aliphatic hydroxyl groups is 1. The summed E-state index contributed by atoms with van der Waals surface area (Å²) in [6, 6.07) is 17.2. The largest absolute Gasteiger partial charge is 0.451 e. The molecule has 3 fully saturated rings. The van der Waals surface area contributed by atoms with Gasteiger partial charge in [0.15, 0.2) is 5.76 Å². The molecule has 3 aromatic rings. The minimum Gasteiger partial charge on any atom is -0.451 e. The number of hydrogen-bond acceptors (Lipinski definition) is 6. The van der Waals surface area contributed by atoms with Gasteiger partial charge in [-0.2, -0.15) is 5.26 Å².